The van der Waals surface area contributed by atoms with Crippen molar-refractivity contribution in [3.05, 3.63) is 53.3 Å². The number of hydrogen-bond acceptors (Lipinski definition) is 4. The van der Waals surface area contributed by atoms with Crippen molar-refractivity contribution in [2.45, 2.75) is 18.0 Å². The van der Waals surface area contributed by atoms with E-state index in [1.165, 1.54) is 24.5 Å². The number of sulfonamides is 1. The molecule has 9 heteroatoms. The third-order valence-electron chi connectivity index (χ3n) is 2.99. The molecule has 0 fully saturated rings. The lowest BCUT2D eigenvalue weighted by Crippen LogP contribution is -2.16. The average Bonchev–Trinajstić information content (AvgIpc) is 2.48. The average molecular weight is 341 g/mol. The summed E-state index contributed by atoms with van der Waals surface area (Å²) in [5.74, 6) is 0. The van der Waals surface area contributed by atoms with E-state index in [-0.39, 0.29) is 5.69 Å². The summed E-state index contributed by atoms with van der Waals surface area (Å²) in [7, 11) is -4.23. The number of pyridine rings is 1. The molecule has 0 aliphatic rings. The third-order valence-corrected chi connectivity index (χ3v) is 4.35. The van der Waals surface area contributed by atoms with Gasteiger partial charge >= 0.3 is 6.18 Å². The Kier molecular flexibility index (Phi) is 4.29. The monoisotopic (exact) mass is 341 g/mol. The van der Waals surface area contributed by atoms with Gasteiger partial charge in [0.05, 0.1) is 27.8 Å². The molecule has 0 aliphatic carbocycles. The number of nitrogens with zero attached hydrogens (tertiary/aromatic N) is 2. The molecule has 5 nitrogen and oxygen atoms in total. The number of nitriles is 1. The SMILES string of the molecule is Cc1cnccc1NS(=O)(=O)c1ccc(C#N)c(C(F)(F)F)c1. The first kappa shape index (κ1) is 16.8. The number of alkyl halides is 3. The summed E-state index contributed by atoms with van der Waals surface area (Å²) in [5, 5.41) is 8.73. The van der Waals surface area contributed by atoms with Gasteiger partial charge in [-0.2, -0.15) is 18.4 Å². The van der Waals surface area contributed by atoms with Gasteiger partial charge in [-0.15, -0.1) is 0 Å². The smallest absolute Gasteiger partial charge is 0.279 e. The van der Waals surface area contributed by atoms with Gasteiger partial charge in [-0.1, -0.05) is 0 Å². The lowest BCUT2D eigenvalue weighted by atomic mass is 10.1. The Hall–Kier alpha value is -2.60. The number of hydrogen-bond donors (Lipinski definition) is 1. The predicted molar refractivity (Wildman–Crippen MR) is 75.9 cm³/mol. The minimum absolute atomic E-state index is 0.206. The Bertz CT molecular complexity index is 887. The van der Waals surface area contributed by atoms with Crippen molar-refractivity contribution in [2.24, 2.45) is 0 Å². The van der Waals surface area contributed by atoms with Gasteiger partial charge < -0.3 is 0 Å². The van der Waals surface area contributed by atoms with Crippen LogP contribution in [-0.4, -0.2) is 13.4 Å². The van der Waals surface area contributed by atoms with Crippen LogP contribution in [0, 0.1) is 18.3 Å². The van der Waals surface area contributed by atoms with E-state index >= 15 is 0 Å². The standard InChI is InChI=1S/C14H10F3N3O2S/c1-9-8-19-5-4-13(9)20-23(21,22)11-3-2-10(7-18)12(6-11)14(15,16)17/h2-6,8H,1H3,(H,19,20). The number of anilines is 1. The van der Waals surface area contributed by atoms with Crippen LogP contribution in [0.2, 0.25) is 0 Å². The Labute approximate surface area is 130 Å². The van der Waals surface area contributed by atoms with Gasteiger partial charge in [-0.3, -0.25) is 9.71 Å². The highest BCUT2D eigenvalue weighted by molar-refractivity contribution is 7.92. The van der Waals surface area contributed by atoms with Crippen LogP contribution in [0.1, 0.15) is 16.7 Å². The fraction of sp³-hybridized carbons (Fsp3) is 0.143. The molecule has 0 spiro atoms. The van der Waals surface area contributed by atoms with Crippen molar-refractivity contribution in [1.29, 1.82) is 5.26 Å². The minimum atomic E-state index is -4.83. The largest absolute Gasteiger partial charge is 0.417 e. The van der Waals surface area contributed by atoms with Crippen molar-refractivity contribution in [2.75, 3.05) is 4.72 Å². The zero-order valence-corrected chi connectivity index (χ0v) is 12.5. The molecule has 0 radical (unpaired) electrons. The lowest BCUT2D eigenvalue weighted by Gasteiger charge is -2.13. The molecular formula is C14H10F3N3O2S. The molecule has 1 N–H and O–H groups in total. The molecule has 1 aromatic carbocycles. The zero-order valence-electron chi connectivity index (χ0n) is 11.7. The van der Waals surface area contributed by atoms with Crippen LogP contribution in [0.3, 0.4) is 0 Å². The molecule has 0 saturated heterocycles. The van der Waals surface area contributed by atoms with Gasteiger partial charge in [0, 0.05) is 12.4 Å². The quantitative estimate of drug-likeness (QED) is 0.930. The number of aromatic nitrogens is 1. The Morgan fingerprint density at radius 1 is 1.26 bits per heavy atom. The summed E-state index contributed by atoms with van der Waals surface area (Å²) < 4.78 is 65.5. The van der Waals surface area contributed by atoms with Crippen molar-refractivity contribution in [1.82, 2.24) is 4.98 Å². The van der Waals surface area contributed by atoms with Gasteiger partial charge in [-0.25, -0.2) is 8.42 Å². The molecular weight excluding hydrogens is 331 g/mol. The topological polar surface area (TPSA) is 82.8 Å². The highest BCUT2D eigenvalue weighted by Gasteiger charge is 2.35. The van der Waals surface area contributed by atoms with Gasteiger partial charge in [0.25, 0.3) is 10.0 Å². The number of benzene rings is 1. The van der Waals surface area contributed by atoms with Crippen LogP contribution < -0.4 is 4.72 Å². The van der Waals surface area contributed by atoms with Crippen molar-refractivity contribution in [3.8, 4) is 6.07 Å². The number of halogens is 3. The van der Waals surface area contributed by atoms with Crippen LogP contribution in [-0.2, 0) is 16.2 Å². The van der Waals surface area contributed by atoms with Crippen molar-refractivity contribution < 1.29 is 21.6 Å². The zero-order chi connectivity index (χ0) is 17.3. The number of aryl methyl sites for hydroxylation is 1. The molecule has 0 saturated carbocycles. The van der Waals surface area contributed by atoms with Gasteiger partial charge in [0.1, 0.15) is 0 Å². The molecule has 2 aromatic rings. The third kappa shape index (κ3) is 3.60. The summed E-state index contributed by atoms with van der Waals surface area (Å²) >= 11 is 0. The Balaban J connectivity index is 2.49. The minimum Gasteiger partial charge on any atom is -0.279 e. The van der Waals surface area contributed by atoms with E-state index in [2.05, 4.69) is 9.71 Å². The van der Waals surface area contributed by atoms with Crippen LogP contribution in [0.5, 0.6) is 0 Å². The summed E-state index contributed by atoms with van der Waals surface area (Å²) in [6.07, 6.45) is -2.06. The summed E-state index contributed by atoms with van der Waals surface area (Å²) in [6, 6.07) is 5.01. The highest BCUT2D eigenvalue weighted by atomic mass is 32.2. The number of nitrogens with one attached hydrogen (secondary N) is 1. The van der Waals surface area contributed by atoms with E-state index in [4.69, 9.17) is 5.26 Å². The fourth-order valence-electron chi connectivity index (χ4n) is 1.81. The highest BCUT2D eigenvalue weighted by Crippen LogP contribution is 2.33. The van der Waals surface area contributed by atoms with E-state index in [9.17, 15) is 21.6 Å². The maximum atomic E-state index is 12.9. The van der Waals surface area contributed by atoms with Crippen LogP contribution in [0.4, 0.5) is 18.9 Å². The fourth-order valence-corrected chi connectivity index (χ4v) is 2.97. The van der Waals surface area contributed by atoms with Crippen molar-refractivity contribution >= 4 is 15.7 Å². The first-order chi connectivity index (χ1) is 10.6. The molecule has 0 unspecified atom stereocenters. The molecule has 1 aromatic heterocycles. The van der Waals surface area contributed by atoms with E-state index in [0.29, 0.717) is 11.6 Å². The van der Waals surface area contributed by atoms with E-state index in [1.807, 2.05) is 0 Å². The number of rotatable bonds is 3. The van der Waals surface area contributed by atoms with E-state index < -0.39 is 32.2 Å². The molecule has 1 heterocycles. The lowest BCUT2D eigenvalue weighted by molar-refractivity contribution is -0.137. The molecule has 23 heavy (non-hydrogen) atoms. The first-order valence-electron chi connectivity index (χ1n) is 6.20. The predicted octanol–water partition coefficient (Wildman–Crippen LogP) is 3.08. The summed E-state index contributed by atoms with van der Waals surface area (Å²) in [4.78, 5) is 3.21. The second-order valence-electron chi connectivity index (χ2n) is 4.61. The van der Waals surface area contributed by atoms with E-state index in [1.54, 1.807) is 6.92 Å². The van der Waals surface area contributed by atoms with Crippen LogP contribution in [0.15, 0.2) is 41.6 Å². The molecule has 120 valence electrons. The Morgan fingerprint density at radius 2 is 1.96 bits per heavy atom. The van der Waals surface area contributed by atoms with Crippen molar-refractivity contribution in [3.63, 3.8) is 0 Å². The van der Waals surface area contributed by atoms with Gasteiger partial charge in [0.15, 0.2) is 0 Å². The van der Waals surface area contributed by atoms with Gasteiger partial charge in [0.2, 0.25) is 0 Å². The maximum absolute atomic E-state index is 12.9. The summed E-state index contributed by atoms with van der Waals surface area (Å²) in [6.45, 7) is 1.60. The molecule has 0 aliphatic heterocycles. The maximum Gasteiger partial charge on any atom is 0.417 e. The Morgan fingerprint density at radius 3 is 2.52 bits per heavy atom. The van der Waals surface area contributed by atoms with Crippen LogP contribution in [0.25, 0.3) is 0 Å². The molecule has 0 amide bonds. The molecule has 0 atom stereocenters. The molecule has 2 rings (SSSR count). The normalized spacial score (nSPS) is 11.8. The second kappa shape index (κ2) is 5.89. The summed E-state index contributed by atoms with van der Waals surface area (Å²) in [5.41, 5.74) is -1.22. The second-order valence-corrected chi connectivity index (χ2v) is 6.30. The van der Waals surface area contributed by atoms with Crippen LogP contribution >= 0.6 is 0 Å². The van der Waals surface area contributed by atoms with Gasteiger partial charge in [-0.05, 0) is 36.8 Å². The van der Waals surface area contributed by atoms with E-state index in [0.717, 1.165) is 12.1 Å². The first-order valence-corrected chi connectivity index (χ1v) is 7.68. The molecule has 0 bridgehead atoms.